The number of carbonyl (C=O) groups is 1. The van der Waals surface area contributed by atoms with E-state index in [1.54, 1.807) is 7.11 Å². The second-order valence-corrected chi connectivity index (χ2v) is 5.33. The van der Waals surface area contributed by atoms with E-state index in [1.807, 2.05) is 0 Å². The number of aliphatic carboxylic acids is 1. The number of hydrogen-bond donors (Lipinski definition) is 2. The van der Waals surface area contributed by atoms with E-state index >= 15 is 0 Å². The van der Waals surface area contributed by atoms with Crippen LogP contribution in [-0.2, 0) is 9.53 Å². The molecule has 5 nitrogen and oxygen atoms in total. The Morgan fingerprint density at radius 1 is 1.41 bits per heavy atom. The minimum Gasteiger partial charge on any atom is -0.480 e. The minimum absolute atomic E-state index is 0.342. The maximum atomic E-state index is 11.1. The van der Waals surface area contributed by atoms with Crippen LogP contribution in [0.2, 0.25) is 0 Å². The number of methoxy groups -OCH3 is 1. The molecule has 1 saturated carbocycles. The van der Waals surface area contributed by atoms with Crippen molar-refractivity contribution in [2.24, 2.45) is 5.73 Å². The van der Waals surface area contributed by atoms with Crippen LogP contribution in [0.5, 0.6) is 0 Å². The van der Waals surface area contributed by atoms with Crippen molar-refractivity contribution in [2.45, 2.75) is 49.8 Å². The van der Waals surface area contributed by atoms with Crippen molar-refractivity contribution < 1.29 is 14.6 Å². The molecule has 1 saturated heterocycles. The molecule has 2 fully saturated rings. The van der Waals surface area contributed by atoms with Crippen LogP contribution < -0.4 is 5.73 Å². The Labute approximate surface area is 102 Å². The zero-order valence-corrected chi connectivity index (χ0v) is 10.4. The number of nitrogens with zero attached hydrogens (tertiary/aromatic N) is 1. The van der Waals surface area contributed by atoms with Crippen molar-refractivity contribution in [1.82, 2.24) is 4.90 Å². The third kappa shape index (κ3) is 2.61. The van der Waals surface area contributed by atoms with Crippen LogP contribution in [0.15, 0.2) is 0 Å². The van der Waals surface area contributed by atoms with Crippen LogP contribution >= 0.6 is 0 Å². The van der Waals surface area contributed by atoms with Gasteiger partial charge in [0.15, 0.2) is 0 Å². The van der Waals surface area contributed by atoms with E-state index in [2.05, 4.69) is 4.90 Å². The van der Waals surface area contributed by atoms with Gasteiger partial charge in [0.2, 0.25) is 0 Å². The van der Waals surface area contributed by atoms with Crippen molar-refractivity contribution in [2.75, 3.05) is 20.2 Å². The third-order valence-electron chi connectivity index (χ3n) is 4.28. The topological polar surface area (TPSA) is 75.8 Å². The summed E-state index contributed by atoms with van der Waals surface area (Å²) in [6, 6.07) is 0.342. The Bertz CT molecular complexity index is 289. The van der Waals surface area contributed by atoms with Gasteiger partial charge in [-0.2, -0.15) is 0 Å². The molecule has 5 heteroatoms. The van der Waals surface area contributed by atoms with Crippen molar-refractivity contribution in [3.05, 3.63) is 0 Å². The molecule has 2 aliphatic rings. The van der Waals surface area contributed by atoms with Crippen molar-refractivity contribution in [3.8, 4) is 0 Å². The molecule has 2 atom stereocenters. The van der Waals surface area contributed by atoms with E-state index in [1.165, 1.54) is 0 Å². The predicted molar refractivity (Wildman–Crippen MR) is 63.8 cm³/mol. The van der Waals surface area contributed by atoms with E-state index in [-0.39, 0.29) is 0 Å². The standard InChI is InChI=1S/C12H22N2O3/c1-17-10-3-6-14(7-4-10)9-2-5-12(13,8-9)11(15)16/h9-10H,2-8,13H2,1H3,(H,15,16). The molecule has 1 aliphatic carbocycles. The van der Waals surface area contributed by atoms with Crippen molar-refractivity contribution in [3.63, 3.8) is 0 Å². The molecule has 0 bridgehead atoms. The van der Waals surface area contributed by atoms with Crippen molar-refractivity contribution >= 4 is 5.97 Å². The summed E-state index contributed by atoms with van der Waals surface area (Å²) >= 11 is 0. The van der Waals surface area contributed by atoms with Gasteiger partial charge in [0.05, 0.1) is 6.10 Å². The molecule has 2 rings (SSSR count). The summed E-state index contributed by atoms with van der Waals surface area (Å²) in [6.45, 7) is 2.00. The van der Waals surface area contributed by atoms with Crippen LogP contribution in [0.3, 0.4) is 0 Å². The fourth-order valence-corrected chi connectivity index (χ4v) is 3.03. The van der Waals surface area contributed by atoms with Crippen LogP contribution in [0, 0.1) is 0 Å². The first-order valence-electron chi connectivity index (χ1n) is 6.34. The molecule has 3 N–H and O–H groups in total. The van der Waals surface area contributed by atoms with Gasteiger partial charge in [-0.05, 0) is 32.1 Å². The maximum Gasteiger partial charge on any atom is 0.323 e. The summed E-state index contributed by atoms with van der Waals surface area (Å²) in [5, 5.41) is 9.11. The molecule has 0 spiro atoms. The Balaban J connectivity index is 1.87. The first-order valence-corrected chi connectivity index (χ1v) is 6.34. The normalized spacial score (nSPS) is 36.2. The molecule has 0 amide bonds. The lowest BCUT2D eigenvalue weighted by Crippen LogP contribution is -2.48. The fraction of sp³-hybridized carbons (Fsp3) is 0.917. The van der Waals surface area contributed by atoms with Gasteiger partial charge >= 0.3 is 5.97 Å². The van der Waals surface area contributed by atoms with Gasteiger partial charge in [0.25, 0.3) is 0 Å². The van der Waals surface area contributed by atoms with E-state index in [4.69, 9.17) is 15.6 Å². The number of hydrogen-bond acceptors (Lipinski definition) is 4. The molecule has 0 radical (unpaired) electrons. The highest BCUT2D eigenvalue weighted by atomic mass is 16.5. The van der Waals surface area contributed by atoms with E-state index < -0.39 is 11.5 Å². The highest BCUT2D eigenvalue weighted by Crippen LogP contribution is 2.33. The largest absolute Gasteiger partial charge is 0.480 e. The average Bonchev–Trinajstić information content (AvgIpc) is 2.74. The molecule has 98 valence electrons. The summed E-state index contributed by atoms with van der Waals surface area (Å²) in [7, 11) is 1.76. The molecule has 0 aromatic carbocycles. The number of likely N-dealkylation sites (tertiary alicyclic amines) is 1. The SMILES string of the molecule is COC1CCN(C2CCC(N)(C(=O)O)C2)CC1. The summed E-state index contributed by atoms with van der Waals surface area (Å²) in [5.74, 6) is -0.855. The summed E-state index contributed by atoms with van der Waals surface area (Å²) in [6.07, 6.45) is 4.53. The Morgan fingerprint density at radius 2 is 2.06 bits per heavy atom. The highest BCUT2D eigenvalue weighted by molar-refractivity contribution is 5.79. The lowest BCUT2D eigenvalue weighted by atomic mass is 9.98. The van der Waals surface area contributed by atoms with Gasteiger partial charge in [0, 0.05) is 26.2 Å². The molecule has 2 unspecified atom stereocenters. The number of nitrogens with two attached hydrogens (primary N) is 1. The maximum absolute atomic E-state index is 11.1. The monoisotopic (exact) mass is 242 g/mol. The molecule has 0 aromatic heterocycles. The predicted octanol–water partition coefficient (Wildman–Crippen LogP) is 0.432. The van der Waals surface area contributed by atoms with Gasteiger partial charge in [-0.25, -0.2) is 0 Å². The Kier molecular flexibility index (Phi) is 3.70. The summed E-state index contributed by atoms with van der Waals surface area (Å²) < 4.78 is 5.34. The highest BCUT2D eigenvalue weighted by Gasteiger charge is 2.44. The zero-order chi connectivity index (χ0) is 12.5. The minimum atomic E-state index is -0.997. The molecular formula is C12H22N2O3. The van der Waals surface area contributed by atoms with Crippen LogP contribution in [0.1, 0.15) is 32.1 Å². The second kappa shape index (κ2) is 4.92. The molecule has 0 aromatic rings. The second-order valence-electron chi connectivity index (χ2n) is 5.33. The summed E-state index contributed by atoms with van der Waals surface area (Å²) in [5.41, 5.74) is 4.90. The number of carboxylic acids is 1. The Hall–Kier alpha value is -0.650. The number of ether oxygens (including phenoxy) is 1. The zero-order valence-electron chi connectivity index (χ0n) is 10.4. The molecular weight excluding hydrogens is 220 g/mol. The van der Waals surface area contributed by atoms with Gasteiger partial charge < -0.3 is 20.5 Å². The third-order valence-corrected chi connectivity index (χ3v) is 4.28. The van der Waals surface area contributed by atoms with Gasteiger partial charge in [0.1, 0.15) is 5.54 Å². The number of piperidine rings is 1. The van der Waals surface area contributed by atoms with E-state index in [0.29, 0.717) is 25.0 Å². The number of rotatable bonds is 3. The van der Waals surface area contributed by atoms with Crippen LogP contribution in [-0.4, -0.2) is 53.9 Å². The smallest absolute Gasteiger partial charge is 0.323 e. The first kappa shape index (κ1) is 12.8. The first-order chi connectivity index (χ1) is 8.05. The number of carboxylic acid groups (broad SMARTS) is 1. The lowest BCUT2D eigenvalue weighted by Gasteiger charge is -2.35. The summed E-state index contributed by atoms with van der Waals surface area (Å²) in [4.78, 5) is 13.5. The lowest BCUT2D eigenvalue weighted by molar-refractivity contribution is -0.143. The quantitative estimate of drug-likeness (QED) is 0.750. The Morgan fingerprint density at radius 3 is 2.53 bits per heavy atom. The van der Waals surface area contributed by atoms with Gasteiger partial charge in [-0.1, -0.05) is 0 Å². The molecule has 1 aliphatic heterocycles. The van der Waals surface area contributed by atoms with Gasteiger partial charge in [-0.15, -0.1) is 0 Å². The van der Waals surface area contributed by atoms with Crippen LogP contribution in [0.4, 0.5) is 0 Å². The average molecular weight is 242 g/mol. The molecule has 17 heavy (non-hydrogen) atoms. The van der Waals surface area contributed by atoms with Crippen LogP contribution in [0.25, 0.3) is 0 Å². The van der Waals surface area contributed by atoms with Gasteiger partial charge in [-0.3, -0.25) is 4.79 Å². The molecule has 1 heterocycles. The van der Waals surface area contributed by atoms with E-state index in [9.17, 15) is 4.79 Å². The van der Waals surface area contributed by atoms with Crippen molar-refractivity contribution in [1.29, 1.82) is 0 Å². The fourth-order valence-electron chi connectivity index (χ4n) is 3.03. The van der Waals surface area contributed by atoms with E-state index in [0.717, 1.165) is 32.4 Å².